The van der Waals surface area contributed by atoms with Gasteiger partial charge in [-0.05, 0) is 72.6 Å². The van der Waals surface area contributed by atoms with Crippen LogP contribution >= 0.6 is 0 Å². The van der Waals surface area contributed by atoms with Gasteiger partial charge in [-0.1, -0.05) is 31.9 Å². The molecular formula is C29H28FNO5. The number of benzene rings is 3. The molecule has 1 aliphatic rings. The van der Waals surface area contributed by atoms with Crippen LogP contribution < -0.4 is 14.4 Å². The summed E-state index contributed by atoms with van der Waals surface area (Å²) in [5, 5.41) is 11.2. The van der Waals surface area contributed by atoms with Crippen molar-refractivity contribution in [3.05, 3.63) is 95.3 Å². The van der Waals surface area contributed by atoms with Crippen molar-refractivity contribution in [2.24, 2.45) is 0 Å². The van der Waals surface area contributed by atoms with Gasteiger partial charge < -0.3 is 14.6 Å². The highest BCUT2D eigenvalue weighted by molar-refractivity contribution is 6.51. The Morgan fingerprint density at radius 3 is 2.17 bits per heavy atom. The van der Waals surface area contributed by atoms with Crippen molar-refractivity contribution in [2.45, 2.75) is 32.2 Å². The van der Waals surface area contributed by atoms with Crippen molar-refractivity contribution in [3.8, 4) is 11.5 Å². The molecule has 36 heavy (non-hydrogen) atoms. The van der Waals surface area contributed by atoms with Gasteiger partial charge in [-0.25, -0.2) is 4.39 Å². The fourth-order valence-electron chi connectivity index (χ4n) is 4.21. The number of aliphatic hydroxyl groups is 1. The number of rotatable bonds is 9. The number of methoxy groups -OCH3 is 1. The molecule has 0 aliphatic carbocycles. The first-order chi connectivity index (χ1) is 17.4. The Labute approximate surface area is 209 Å². The molecule has 1 fully saturated rings. The Bertz CT molecular complexity index is 1250. The van der Waals surface area contributed by atoms with Gasteiger partial charge in [-0.3, -0.25) is 14.5 Å². The molecule has 1 atom stereocenters. The van der Waals surface area contributed by atoms with Gasteiger partial charge in [0.1, 0.15) is 23.1 Å². The van der Waals surface area contributed by atoms with Crippen molar-refractivity contribution in [3.63, 3.8) is 0 Å². The zero-order chi connectivity index (χ0) is 25.7. The maximum atomic E-state index is 13.6. The SMILES string of the molecule is CCCCCOc1ccc(/C(O)=C2\C(=O)C(=O)N(c3ccc(F)cc3)C2c2ccc(OC)cc2)cc1. The molecule has 3 aromatic carbocycles. The number of hydrogen-bond donors (Lipinski definition) is 1. The summed E-state index contributed by atoms with van der Waals surface area (Å²) in [5.41, 5.74) is 1.27. The molecule has 186 valence electrons. The average molecular weight is 490 g/mol. The third-order valence-electron chi connectivity index (χ3n) is 6.13. The second-order valence-corrected chi connectivity index (χ2v) is 8.50. The standard InChI is InChI=1S/C29H28FNO5/c1-3-4-5-18-36-24-16-8-20(9-17-24)27(32)25-26(19-6-14-23(35-2)15-7-19)31(29(34)28(25)33)22-12-10-21(30)11-13-22/h6-17,26,32H,3-5,18H2,1-2H3/b27-25+. The summed E-state index contributed by atoms with van der Waals surface area (Å²) < 4.78 is 24.5. The fourth-order valence-corrected chi connectivity index (χ4v) is 4.21. The minimum absolute atomic E-state index is 0.0499. The number of ketones is 1. The van der Waals surface area contributed by atoms with Crippen LogP contribution in [0.4, 0.5) is 10.1 Å². The van der Waals surface area contributed by atoms with Crippen molar-refractivity contribution < 1.29 is 28.6 Å². The molecule has 0 aromatic heterocycles. The van der Waals surface area contributed by atoms with E-state index in [0.29, 0.717) is 34.9 Å². The quantitative estimate of drug-likeness (QED) is 0.172. The van der Waals surface area contributed by atoms with Crippen LogP contribution in [0.2, 0.25) is 0 Å². The van der Waals surface area contributed by atoms with Crippen molar-refractivity contribution in [1.29, 1.82) is 0 Å². The van der Waals surface area contributed by atoms with Crippen LogP contribution in [-0.2, 0) is 9.59 Å². The highest BCUT2D eigenvalue weighted by atomic mass is 19.1. The minimum Gasteiger partial charge on any atom is -0.507 e. The molecule has 1 saturated heterocycles. The molecule has 0 spiro atoms. The number of ether oxygens (including phenoxy) is 2. The van der Waals surface area contributed by atoms with Gasteiger partial charge in [-0.15, -0.1) is 0 Å². The lowest BCUT2D eigenvalue weighted by Gasteiger charge is -2.25. The van der Waals surface area contributed by atoms with Gasteiger partial charge in [-0.2, -0.15) is 0 Å². The number of aliphatic hydroxyl groups excluding tert-OH is 1. The third-order valence-corrected chi connectivity index (χ3v) is 6.13. The molecule has 1 amide bonds. The van der Waals surface area contributed by atoms with E-state index in [2.05, 4.69) is 6.92 Å². The van der Waals surface area contributed by atoms with E-state index in [1.807, 2.05) is 0 Å². The molecule has 6 nitrogen and oxygen atoms in total. The first-order valence-electron chi connectivity index (χ1n) is 11.9. The second-order valence-electron chi connectivity index (χ2n) is 8.50. The number of halogens is 1. The summed E-state index contributed by atoms with van der Waals surface area (Å²) in [6.45, 7) is 2.72. The maximum Gasteiger partial charge on any atom is 0.300 e. The summed E-state index contributed by atoms with van der Waals surface area (Å²) >= 11 is 0. The number of hydrogen-bond acceptors (Lipinski definition) is 5. The molecule has 3 aromatic rings. The third kappa shape index (κ3) is 5.10. The van der Waals surface area contributed by atoms with E-state index in [0.717, 1.165) is 19.3 Å². The van der Waals surface area contributed by atoms with Crippen molar-refractivity contribution >= 4 is 23.1 Å². The lowest BCUT2D eigenvalue weighted by atomic mass is 9.95. The molecule has 1 aliphatic heterocycles. The molecule has 7 heteroatoms. The first kappa shape index (κ1) is 25.0. The Morgan fingerprint density at radius 2 is 1.56 bits per heavy atom. The van der Waals surface area contributed by atoms with Gasteiger partial charge in [0.05, 0.1) is 25.3 Å². The van der Waals surface area contributed by atoms with Crippen LogP contribution in [0.1, 0.15) is 43.4 Å². The largest absolute Gasteiger partial charge is 0.507 e. The lowest BCUT2D eigenvalue weighted by molar-refractivity contribution is -0.132. The molecule has 1 N–H and O–H groups in total. The predicted molar refractivity (Wildman–Crippen MR) is 136 cm³/mol. The monoisotopic (exact) mass is 489 g/mol. The van der Waals surface area contributed by atoms with E-state index < -0.39 is 23.5 Å². The van der Waals surface area contributed by atoms with Gasteiger partial charge in [0.15, 0.2) is 0 Å². The predicted octanol–water partition coefficient (Wildman–Crippen LogP) is 6.03. The molecule has 0 radical (unpaired) electrons. The van der Waals surface area contributed by atoms with Crippen LogP contribution in [0.5, 0.6) is 11.5 Å². The van der Waals surface area contributed by atoms with E-state index in [1.165, 1.54) is 36.3 Å². The van der Waals surface area contributed by atoms with Crippen LogP contribution in [0.15, 0.2) is 78.4 Å². The second kappa shape index (κ2) is 11.1. The van der Waals surface area contributed by atoms with E-state index >= 15 is 0 Å². The van der Waals surface area contributed by atoms with E-state index in [1.54, 1.807) is 48.5 Å². The van der Waals surface area contributed by atoms with Gasteiger partial charge in [0, 0.05) is 11.3 Å². The summed E-state index contributed by atoms with van der Waals surface area (Å²) in [6.07, 6.45) is 3.13. The van der Waals surface area contributed by atoms with E-state index in [4.69, 9.17) is 9.47 Å². The molecule has 1 heterocycles. The highest BCUT2D eigenvalue weighted by Gasteiger charge is 2.47. The maximum absolute atomic E-state index is 13.6. The zero-order valence-corrected chi connectivity index (χ0v) is 20.2. The number of Topliss-reactive ketones (excluding diaryl/α,β-unsaturated/α-hetero) is 1. The van der Waals surface area contributed by atoms with Crippen LogP contribution in [0, 0.1) is 5.82 Å². The number of anilines is 1. The normalized spacial score (nSPS) is 16.9. The Morgan fingerprint density at radius 1 is 0.917 bits per heavy atom. The summed E-state index contributed by atoms with van der Waals surface area (Å²) in [5.74, 6) is -1.13. The van der Waals surface area contributed by atoms with E-state index in [9.17, 15) is 19.1 Å². The first-order valence-corrected chi connectivity index (χ1v) is 11.9. The molecule has 0 saturated carbocycles. The van der Waals surface area contributed by atoms with Gasteiger partial charge >= 0.3 is 0 Å². The summed E-state index contributed by atoms with van der Waals surface area (Å²) in [6, 6.07) is 18.0. The topological polar surface area (TPSA) is 76.1 Å². The zero-order valence-electron chi connectivity index (χ0n) is 20.2. The fraction of sp³-hybridized carbons (Fsp3) is 0.241. The molecule has 1 unspecified atom stereocenters. The van der Waals surface area contributed by atoms with Crippen LogP contribution in [0.25, 0.3) is 5.76 Å². The molecule has 0 bridgehead atoms. The number of nitrogens with zero attached hydrogens (tertiary/aromatic N) is 1. The van der Waals surface area contributed by atoms with E-state index in [-0.39, 0.29) is 11.3 Å². The number of carbonyl (C=O) groups is 2. The number of carbonyl (C=O) groups excluding carboxylic acids is 2. The van der Waals surface area contributed by atoms with Crippen LogP contribution in [0.3, 0.4) is 0 Å². The number of unbranched alkanes of at least 4 members (excludes halogenated alkanes) is 2. The Kier molecular flexibility index (Phi) is 7.68. The lowest BCUT2D eigenvalue weighted by Crippen LogP contribution is -2.29. The Hall–Kier alpha value is -4.13. The van der Waals surface area contributed by atoms with Crippen molar-refractivity contribution in [2.75, 3.05) is 18.6 Å². The summed E-state index contributed by atoms with van der Waals surface area (Å²) in [7, 11) is 1.54. The van der Waals surface area contributed by atoms with Crippen LogP contribution in [-0.4, -0.2) is 30.5 Å². The number of amides is 1. The Balaban J connectivity index is 1.75. The average Bonchev–Trinajstić information content (AvgIpc) is 3.17. The van der Waals surface area contributed by atoms with Gasteiger partial charge in [0.2, 0.25) is 0 Å². The van der Waals surface area contributed by atoms with Gasteiger partial charge in [0.25, 0.3) is 11.7 Å². The molecular weight excluding hydrogens is 461 g/mol. The smallest absolute Gasteiger partial charge is 0.300 e. The minimum atomic E-state index is -0.911. The highest BCUT2D eigenvalue weighted by Crippen LogP contribution is 2.42. The molecule has 4 rings (SSSR count). The summed E-state index contributed by atoms with van der Waals surface area (Å²) in [4.78, 5) is 27.7. The van der Waals surface area contributed by atoms with Crippen molar-refractivity contribution in [1.82, 2.24) is 0 Å².